The maximum Gasteiger partial charge on any atom is 0.139 e. The van der Waals surface area contributed by atoms with Gasteiger partial charge in [0.05, 0.1) is 23.5 Å². The maximum absolute atomic E-state index is 2.46. The van der Waals surface area contributed by atoms with Crippen molar-refractivity contribution in [3.05, 3.63) is 9.13 Å². The first-order valence-corrected chi connectivity index (χ1v) is 6.52. The summed E-state index contributed by atoms with van der Waals surface area (Å²) in [6, 6.07) is 0. The average molecular weight is 301 g/mol. The van der Waals surface area contributed by atoms with Crippen LogP contribution in [0, 0.1) is 3.57 Å². The van der Waals surface area contributed by atoms with Gasteiger partial charge in [0.1, 0.15) is 31.4 Å². The van der Waals surface area contributed by atoms with Gasteiger partial charge in [-0.2, -0.15) is 0 Å². The summed E-state index contributed by atoms with van der Waals surface area (Å²) in [7, 11) is 15.9. The molecule has 1 aromatic rings. The van der Waals surface area contributed by atoms with Gasteiger partial charge in [-0.1, -0.05) is 32.5 Å². The number of benzene rings is 1. The Morgan fingerprint density at radius 3 is 1.33 bits per heavy atom. The van der Waals surface area contributed by atoms with E-state index in [1.165, 1.54) is 31.0 Å². The normalized spacial score (nSPS) is 11.5. The molecule has 0 spiro atoms. The summed E-state index contributed by atoms with van der Waals surface area (Å²) in [5, 5.41) is 0.244. The molecule has 15 heavy (non-hydrogen) atoms. The summed E-state index contributed by atoms with van der Waals surface area (Å²) >= 11 is 2.46. The van der Waals surface area contributed by atoms with Gasteiger partial charge in [0.25, 0.3) is 0 Å². The lowest BCUT2D eigenvalue weighted by atomic mass is 9.37. The summed E-state index contributed by atoms with van der Waals surface area (Å²) < 4.78 is 1.43. The minimum Gasteiger partial charge on any atom is -0.0931 e. The quantitative estimate of drug-likeness (QED) is 0.357. The van der Waals surface area contributed by atoms with Gasteiger partial charge in [-0.3, -0.25) is 0 Å². The number of rotatable bonds is 1. The van der Waals surface area contributed by atoms with Crippen LogP contribution in [0.3, 0.4) is 0 Å². The van der Waals surface area contributed by atoms with Crippen LogP contribution < -0.4 is 21.9 Å². The fraction of sp³-hybridized carbons (Fsp3) is 0.143. The lowest BCUT2D eigenvalue weighted by Crippen LogP contribution is -2.52. The van der Waals surface area contributed by atoms with Crippen LogP contribution in [0.5, 0.6) is 0 Å². The fourth-order valence-corrected chi connectivity index (χ4v) is 3.20. The van der Waals surface area contributed by atoms with Gasteiger partial charge >= 0.3 is 0 Å². The summed E-state index contributed by atoms with van der Waals surface area (Å²) in [4.78, 5) is 0. The van der Waals surface area contributed by atoms with Crippen LogP contribution in [0.2, 0.25) is 0 Å². The molecule has 0 radical (unpaired) electrons. The van der Waals surface area contributed by atoms with E-state index in [-0.39, 0.29) is 5.11 Å². The topological polar surface area (TPSA) is 0 Å². The number of hydrogen-bond donors (Lipinski definition) is 0. The van der Waals surface area contributed by atoms with Crippen molar-refractivity contribution in [2.75, 3.05) is 0 Å². The average Bonchev–Trinajstić information content (AvgIpc) is 2.09. The minimum absolute atomic E-state index is 0.244. The number of hydrogen-bond acceptors (Lipinski definition) is 0. The Morgan fingerprint density at radius 2 is 1.07 bits per heavy atom. The van der Waals surface area contributed by atoms with E-state index in [2.05, 4.69) is 77.5 Å². The first kappa shape index (κ1) is 13.5. The Balaban J connectivity index is 3.68. The van der Waals surface area contributed by atoms with Crippen LogP contribution in [-0.4, -0.2) is 54.9 Å². The van der Waals surface area contributed by atoms with Crippen molar-refractivity contribution in [2.45, 2.75) is 5.11 Å². The molecule has 0 saturated heterocycles. The molecule has 0 fully saturated rings. The van der Waals surface area contributed by atoms with Crippen LogP contribution in [0.4, 0.5) is 0 Å². The van der Waals surface area contributed by atoms with Gasteiger partial charge in [-0.15, -0.1) is 0 Å². The molecule has 0 aliphatic carbocycles. The van der Waals surface area contributed by atoms with Gasteiger partial charge < -0.3 is 0 Å². The second-order valence-electron chi connectivity index (χ2n) is 5.44. The van der Waals surface area contributed by atoms with Crippen molar-refractivity contribution in [3.8, 4) is 0 Å². The van der Waals surface area contributed by atoms with Crippen molar-refractivity contribution >= 4 is 99.4 Å². The zero-order valence-electron chi connectivity index (χ0n) is 10.9. The monoisotopic (exact) mass is 302 g/mol. The highest BCUT2D eigenvalue weighted by atomic mass is 127. The van der Waals surface area contributed by atoms with Gasteiger partial charge in [0.15, 0.2) is 0 Å². The highest BCUT2D eigenvalue weighted by Crippen LogP contribution is 2.07. The zero-order valence-corrected chi connectivity index (χ0v) is 13.0. The van der Waals surface area contributed by atoms with Crippen LogP contribution in [0.15, 0.2) is 0 Å². The molecule has 0 aliphatic heterocycles. The highest BCUT2D eigenvalue weighted by Gasteiger charge is 2.21. The fourth-order valence-electron chi connectivity index (χ4n) is 2.39. The maximum atomic E-state index is 2.46. The predicted molar refractivity (Wildman–Crippen MR) is 99.2 cm³/mol. The Hall–Kier alpha value is 0.405. The van der Waals surface area contributed by atoms with Crippen LogP contribution in [-0.2, 0) is 5.11 Å². The molecule has 0 atom stereocenters. The Morgan fingerprint density at radius 1 is 0.733 bits per heavy atom. The van der Waals surface area contributed by atoms with Crippen molar-refractivity contribution in [1.82, 2.24) is 0 Å². The van der Waals surface area contributed by atoms with Crippen molar-refractivity contribution in [3.63, 3.8) is 0 Å². The van der Waals surface area contributed by atoms with Crippen molar-refractivity contribution < 1.29 is 0 Å². The third kappa shape index (κ3) is 2.40. The molecule has 0 nitrogen and oxygen atoms in total. The first-order chi connectivity index (χ1) is 6.68. The van der Waals surface area contributed by atoms with Gasteiger partial charge in [0, 0.05) is 0 Å². The standard InChI is InChI=1S/C7H14B7I/c8-2-1(7(12,13)14)3(9)5(11)6(15)4(2)10/h8-14H2. The lowest BCUT2D eigenvalue weighted by molar-refractivity contribution is 1.28. The SMILES string of the molecule is Bc1c(B)c(C(B)(B)B)c(B)c(B)c1I. The molecule has 0 aliphatic rings. The van der Waals surface area contributed by atoms with E-state index in [4.69, 9.17) is 0 Å². The van der Waals surface area contributed by atoms with Gasteiger partial charge in [-0.05, 0) is 26.2 Å². The number of halogens is 1. The third-order valence-electron chi connectivity index (χ3n) is 3.28. The second kappa shape index (κ2) is 4.35. The van der Waals surface area contributed by atoms with E-state index in [9.17, 15) is 0 Å². The van der Waals surface area contributed by atoms with E-state index in [0.717, 1.165) is 0 Å². The van der Waals surface area contributed by atoms with E-state index in [1.807, 2.05) is 0 Å². The molecule has 0 amide bonds. The molecule has 1 rings (SSSR count). The molecule has 70 valence electrons. The molecule has 1 aromatic carbocycles. The molecule has 0 heterocycles. The molecule has 0 unspecified atom stereocenters. The van der Waals surface area contributed by atoms with Crippen LogP contribution in [0.1, 0.15) is 5.56 Å². The molecule has 0 N–H and O–H groups in total. The zero-order chi connectivity index (χ0) is 12.0. The van der Waals surface area contributed by atoms with Crippen LogP contribution >= 0.6 is 22.6 Å². The molecule has 0 bridgehead atoms. The summed E-state index contributed by atoms with van der Waals surface area (Å²) in [6.45, 7) is 0. The Bertz CT molecular complexity index is 380. The molecule has 0 aromatic heterocycles. The second-order valence-corrected chi connectivity index (χ2v) is 6.52. The first-order valence-electron chi connectivity index (χ1n) is 5.44. The van der Waals surface area contributed by atoms with E-state index in [1.54, 1.807) is 0 Å². The minimum atomic E-state index is 0.244. The summed E-state index contributed by atoms with van der Waals surface area (Å²) in [6.07, 6.45) is 0. The smallest absolute Gasteiger partial charge is 0.0931 e. The third-order valence-corrected chi connectivity index (χ3v) is 4.90. The van der Waals surface area contributed by atoms with E-state index in [0.29, 0.717) is 0 Å². The molecule has 0 saturated carbocycles. The largest absolute Gasteiger partial charge is 0.139 e. The van der Waals surface area contributed by atoms with Crippen LogP contribution in [0.25, 0.3) is 0 Å². The summed E-state index contributed by atoms with van der Waals surface area (Å²) in [5.74, 6) is 0. The summed E-state index contributed by atoms with van der Waals surface area (Å²) in [5.41, 5.74) is 7.36. The Labute approximate surface area is 113 Å². The predicted octanol–water partition coefficient (Wildman–Crippen LogP) is -7.67. The van der Waals surface area contributed by atoms with Gasteiger partial charge in [0.2, 0.25) is 0 Å². The van der Waals surface area contributed by atoms with E-state index >= 15 is 0 Å². The van der Waals surface area contributed by atoms with E-state index < -0.39 is 0 Å². The lowest BCUT2D eigenvalue weighted by Gasteiger charge is -2.29. The van der Waals surface area contributed by atoms with Crippen molar-refractivity contribution in [1.29, 1.82) is 0 Å². The highest BCUT2D eigenvalue weighted by molar-refractivity contribution is 14.1. The Kier molecular flexibility index (Phi) is 3.90. The molecule has 8 heteroatoms. The van der Waals surface area contributed by atoms with Crippen molar-refractivity contribution in [2.24, 2.45) is 0 Å². The molecular formula is C7H14B7I. The van der Waals surface area contributed by atoms with Gasteiger partial charge in [-0.25, -0.2) is 0 Å². The molecular weight excluding hydrogens is 287 g/mol.